The van der Waals surface area contributed by atoms with Crippen molar-refractivity contribution in [2.45, 2.75) is 12.4 Å². The van der Waals surface area contributed by atoms with Crippen LogP contribution in [-0.2, 0) is 12.4 Å². The number of nitrogens with one attached hydrogen (secondary N) is 1. The Hall–Kier alpha value is -0.510. The highest BCUT2D eigenvalue weighted by atomic mass is 79.9. The van der Waals surface area contributed by atoms with Crippen LogP contribution < -0.4 is 5.32 Å². The van der Waals surface area contributed by atoms with Crippen molar-refractivity contribution in [1.29, 1.82) is 0 Å². The summed E-state index contributed by atoms with van der Waals surface area (Å²) in [6.07, 6.45) is 0. The van der Waals surface area contributed by atoms with Crippen LogP contribution in [0.1, 0.15) is 10.4 Å². The lowest BCUT2D eigenvalue weighted by Gasteiger charge is -2.05. The molecular weight excluding hydrogens is 306 g/mol. The van der Waals surface area contributed by atoms with Gasteiger partial charge in [0, 0.05) is 32.8 Å². The van der Waals surface area contributed by atoms with E-state index in [0.29, 0.717) is 5.88 Å². The molecule has 1 N–H and O–H groups in total. The van der Waals surface area contributed by atoms with Gasteiger partial charge < -0.3 is 5.32 Å². The van der Waals surface area contributed by atoms with E-state index in [-0.39, 0.29) is 0 Å². The molecular formula is C12H11BrClNS. The Balaban J connectivity index is 1.99. The number of thiophene rings is 1. The zero-order valence-corrected chi connectivity index (χ0v) is 11.7. The van der Waals surface area contributed by atoms with Gasteiger partial charge >= 0.3 is 0 Å². The van der Waals surface area contributed by atoms with Crippen molar-refractivity contribution in [2.24, 2.45) is 0 Å². The van der Waals surface area contributed by atoms with Crippen LogP contribution in [0.3, 0.4) is 0 Å². The van der Waals surface area contributed by atoms with Crippen LogP contribution in [-0.4, -0.2) is 0 Å². The molecule has 0 fully saturated rings. The summed E-state index contributed by atoms with van der Waals surface area (Å²) >= 11 is 11.0. The maximum atomic E-state index is 5.79. The summed E-state index contributed by atoms with van der Waals surface area (Å²) in [5, 5.41) is 5.47. The first-order chi connectivity index (χ1) is 7.78. The normalized spacial score (nSPS) is 10.4. The SMILES string of the molecule is ClCc1cccc(NCc2cc(Br)cs2)c1. The molecule has 4 heteroatoms. The van der Waals surface area contributed by atoms with Gasteiger partial charge in [0.05, 0.1) is 0 Å². The number of hydrogen-bond donors (Lipinski definition) is 1. The quantitative estimate of drug-likeness (QED) is 0.794. The number of anilines is 1. The van der Waals surface area contributed by atoms with E-state index in [4.69, 9.17) is 11.6 Å². The molecule has 0 aliphatic rings. The van der Waals surface area contributed by atoms with Crippen molar-refractivity contribution in [1.82, 2.24) is 0 Å². The second-order valence-electron chi connectivity index (χ2n) is 3.42. The van der Waals surface area contributed by atoms with Crippen molar-refractivity contribution in [3.8, 4) is 0 Å². The molecule has 0 spiro atoms. The number of hydrogen-bond acceptors (Lipinski definition) is 2. The van der Waals surface area contributed by atoms with E-state index < -0.39 is 0 Å². The Bertz CT molecular complexity index is 470. The number of benzene rings is 1. The standard InChI is InChI=1S/C12H11BrClNS/c13-10-5-12(16-8-10)7-15-11-3-1-2-9(4-11)6-14/h1-5,8,15H,6-7H2. The molecule has 0 saturated heterocycles. The topological polar surface area (TPSA) is 12.0 Å². The summed E-state index contributed by atoms with van der Waals surface area (Å²) in [6.45, 7) is 0.849. The molecule has 1 nitrogen and oxygen atoms in total. The van der Waals surface area contributed by atoms with Gasteiger partial charge in [-0.3, -0.25) is 0 Å². The van der Waals surface area contributed by atoms with E-state index in [1.807, 2.05) is 12.1 Å². The average molecular weight is 317 g/mol. The first-order valence-corrected chi connectivity index (χ1v) is 7.10. The highest BCUT2D eigenvalue weighted by Gasteiger charge is 1.98. The molecule has 84 valence electrons. The first-order valence-electron chi connectivity index (χ1n) is 4.89. The van der Waals surface area contributed by atoms with E-state index in [1.165, 1.54) is 4.88 Å². The maximum Gasteiger partial charge on any atom is 0.0494 e. The Morgan fingerprint density at radius 2 is 2.19 bits per heavy atom. The summed E-state index contributed by atoms with van der Waals surface area (Å²) in [4.78, 5) is 1.31. The van der Waals surface area contributed by atoms with Crippen molar-refractivity contribution in [3.05, 3.63) is 50.6 Å². The highest BCUT2D eigenvalue weighted by Crippen LogP contribution is 2.21. The Morgan fingerprint density at radius 1 is 1.31 bits per heavy atom. The minimum absolute atomic E-state index is 0.556. The molecule has 0 saturated carbocycles. The van der Waals surface area contributed by atoms with Crippen LogP contribution in [0.5, 0.6) is 0 Å². The molecule has 2 rings (SSSR count). The van der Waals surface area contributed by atoms with Gasteiger partial charge in [-0.05, 0) is 39.7 Å². The third kappa shape index (κ3) is 3.24. The summed E-state index contributed by atoms with van der Waals surface area (Å²) in [7, 11) is 0. The van der Waals surface area contributed by atoms with Gasteiger partial charge in [0.25, 0.3) is 0 Å². The molecule has 0 unspecified atom stereocenters. The van der Waals surface area contributed by atoms with E-state index in [0.717, 1.165) is 22.3 Å². The second kappa shape index (κ2) is 5.71. The largest absolute Gasteiger partial charge is 0.380 e. The minimum atomic E-state index is 0.556. The van der Waals surface area contributed by atoms with Gasteiger partial charge in [-0.2, -0.15) is 0 Å². The van der Waals surface area contributed by atoms with Crippen LogP contribution in [0, 0.1) is 0 Å². The summed E-state index contributed by atoms with van der Waals surface area (Å²) in [5.41, 5.74) is 2.25. The van der Waals surface area contributed by atoms with E-state index >= 15 is 0 Å². The van der Waals surface area contributed by atoms with Crippen molar-refractivity contribution in [2.75, 3.05) is 5.32 Å². The maximum absolute atomic E-state index is 5.79. The minimum Gasteiger partial charge on any atom is -0.380 e. The van der Waals surface area contributed by atoms with Gasteiger partial charge in [0.15, 0.2) is 0 Å². The van der Waals surface area contributed by atoms with E-state index in [9.17, 15) is 0 Å². The monoisotopic (exact) mass is 315 g/mol. The first kappa shape index (κ1) is 12.0. The predicted molar refractivity (Wildman–Crippen MR) is 75.3 cm³/mol. The lowest BCUT2D eigenvalue weighted by Crippen LogP contribution is -1.97. The van der Waals surface area contributed by atoms with Gasteiger partial charge in [-0.15, -0.1) is 22.9 Å². The van der Waals surface area contributed by atoms with Crippen LogP contribution in [0.2, 0.25) is 0 Å². The fourth-order valence-electron chi connectivity index (χ4n) is 1.40. The van der Waals surface area contributed by atoms with Crippen LogP contribution >= 0.6 is 38.9 Å². The summed E-state index contributed by atoms with van der Waals surface area (Å²) in [5.74, 6) is 0.556. The molecule has 0 amide bonds. The molecule has 16 heavy (non-hydrogen) atoms. The van der Waals surface area contributed by atoms with Gasteiger partial charge in [-0.25, -0.2) is 0 Å². The third-order valence-electron chi connectivity index (χ3n) is 2.17. The molecule has 2 aromatic rings. The fourth-order valence-corrected chi connectivity index (χ4v) is 2.96. The predicted octanol–water partition coefficient (Wildman–Crippen LogP) is 4.86. The van der Waals surface area contributed by atoms with Crippen LogP contribution in [0.4, 0.5) is 5.69 Å². The number of rotatable bonds is 4. The van der Waals surface area contributed by atoms with E-state index in [2.05, 4.69) is 44.8 Å². The molecule has 0 radical (unpaired) electrons. The number of halogens is 2. The summed E-state index contributed by atoms with van der Waals surface area (Å²) in [6, 6.07) is 10.3. The zero-order valence-electron chi connectivity index (χ0n) is 8.54. The van der Waals surface area contributed by atoms with Crippen molar-refractivity contribution in [3.63, 3.8) is 0 Å². The Kier molecular flexibility index (Phi) is 4.27. The van der Waals surface area contributed by atoms with Crippen molar-refractivity contribution < 1.29 is 0 Å². The van der Waals surface area contributed by atoms with Crippen molar-refractivity contribution >= 4 is 44.6 Å². The van der Waals surface area contributed by atoms with E-state index in [1.54, 1.807) is 11.3 Å². The highest BCUT2D eigenvalue weighted by molar-refractivity contribution is 9.10. The van der Waals surface area contributed by atoms with Crippen LogP contribution in [0.25, 0.3) is 0 Å². The third-order valence-corrected chi connectivity index (χ3v) is 4.18. The molecule has 1 aromatic carbocycles. The molecule has 1 aromatic heterocycles. The molecule has 0 aliphatic carbocycles. The summed E-state index contributed by atoms with van der Waals surface area (Å²) < 4.78 is 1.14. The van der Waals surface area contributed by atoms with Gasteiger partial charge in [-0.1, -0.05) is 12.1 Å². The van der Waals surface area contributed by atoms with Gasteiger partial charge in [0.2, 0.25) is 0 Å². The Labute approximate surface area is 113 Å². The second-order valence-corrected chi connectivity index (χ2v) is 5.60. The lowest BCUT2D eigenvalue weighted by atomic mass is 10.2. The molecule has 1 heterocycles. The molecule has 0 atom stereocenters. The number of alkyl halides is 1. The molecule has 0 bridgehead atoms. The molecule has 0 aliphatic heterocycles. The fraction of sp³-hybridized carbons (Fsp3) is 0.167. The zero-order chi connectivity index (χ0) is 11.4. The average Bonchev–Trinajstić information content (AvgIpc) is 2.73. The smallest absolute Gasteiger partial charge is 0.0494 e. The van der Waals surface area contributed by atoms with Crippen LogP contribution in [0.15, 0.2) is 40.2 Å². The lowest BCUT2D eigenvalue weighted by molar-refractivity contribution is 1.19. The van der Waals surface area contributed by atoms with Gasteiger partial charge in [0.1, 0.15) is 0 Å². The Morgan fingerprint density at radius 3 is 2.88 bits per heavy atom.